The molecular formula is C30H60O3Zn. The molecule has 0 radical (unpaired) electrons. The van der Waals surface area contributed by atoms with Gasteiger partial charge in [-0.1, -0.05) is 162 Å². The summed E-state index contributed by atoms with van der Waals surface area (Å²) in [7, 11) is 0. The molecule has 0 aromatic rings. The van der Waals surface area contributed by atoms with Gasteiger partial charge in [-0.25, -0.2) is 4.79 Å². The van der Waals surface area contributed by atoms with E-state index in [-0.39, 0.29) is 19.5 Å². The first-order valence-electron chi connectivity index (χ1n) is 15.1. The Hall–Kier alpha value is 0.0534. The number of carbonyl (C=O) groups is 1. The Kier molecular flexibility index (Phi) is 33.1. The number of hydrogen-bond acceptors (Lipinski definition) is 3. The zero-order chi connectivity index (χ0) is 24.2. The minimum atomic E-state index is -0.926. The average Bonchev–Trinajstić information content (AvgIpc) is 2.82. The number of esters is 1. The Morgan fingerprint density at radius 1 is 0.529 bits per heavy atom. The predicted molar refractivity (Wildman–Crippen MR) is 144 cm³/mol. The number of unbranched alkanes of at least 4 members (excludes halogenated alkanes) is 22. The molecule has 0 saturated heterocycles. The molecule has 0 aliphatic heterocycles. The van der Waals surface area contributed by atoms with E-state index in [0.717, 1.165) is 25.7 Å². The normalized spacial score (nSPS) is 11.9. The van der Waals surface area contributed by atoms with Gasteiger partial charge in [0.15, 0.2) is 6.10 Å². The summed E-state index contributed by atoms with van der Waals surface area (Å²) >= 11 is 0. The van der Waals surface area contributed by atoms with Crippen LogP contribution in [0, 0.1) is 0 Å². The minimum absolute atomic E-state index is 0. The zero-order valence-electron chi connectivity index (χ0n) is 23.4. The fraction of sp³-hybridized carbons (Fsp3) is 0.967. The Morgan fingerprint density at radius 2 is 0.824 bits per heavy atom. The second-order valence-corrected chi connectivity index (χ2v) is 10.3. The summed E-state index contributed by atoms with van der Waals surface area (Å²) in [4.78, 5) is 11.9. The number of aliphatic hydroxyl groups is 1. The van der Waals surface area contributed by atoms with E-state index in [4.69, 9.17) is 4.74 Å². The van der Waals surface area contributed by atoms with Crippen LogP contribution in [-0.4, -0.2) is 23.8 Å². The molecule has 0 spiro atoms. The van der Waals surface area contributed by atoms with E-state index in [2.05, 4.69) is 13.8 Å². The third kappa shape index (κ3) is 28.3. The second kappa shape index (κ2) is 31.1. The molecule has 0 rings (SSSR count). The van der Waals surface area contributed by atoms with Gasteiger partial charge in [0.2, 0.25) is 0 Å². The largest absolute Gasteiger partial charge is 0.464 e. The molecule has 1 atom stereocenters. The van der Waals surface area contributed by atoms with Crippen LogP contribution in [0.15, 0.2) is 0 Å². The Bertz CT molecular complexity index is 389. The van der Waals surface area contributed by atoms with Crippen molar-refractivity contribution in [1.82, 2.24) is 0 Å². The fourth-order valence-corrected chi connectivity index (χ4v) is 4.51. The monoisotopic (exact) mass is 532 g/mol. The van der Waals surface area contributed by atoms with Crippen molar-refractivity contribution in [1.29, 1.82) is 0 Å². The van der Waals surface area contributed by atoms with Gasteiger partial charge >= 0.3 is 5.97 Å². The number of carbonyl (C=O) groups excluding carboxylic acids is 1. The van der Waals surface area contributed by atoms with Crippen molar-refractivity contribution < 1.29 is 34.1 Å². The van der Waals surface area contributed by atoms with E-state index in [9.17, 15) is 9.90 Å². The maximum atomic E-state index is 11.9. The van der Waals surface area contributed by atoms with Gasteiger partial charge in [-0.05, 0) is 12.8 Å². The molecule has 3 nitrogen and oxygen atoms in total. The van der Waals surface area contributed by atoms with E-state index in [0.29, 0.717) is 13.0 Å². The summed E-state index contributed by atoms with van der Waals surface area (Å²) in [5, 5.41) is 10.00. The van der Waals surface area contributed by atoms with Crippen molar-refractivity contribution in [2.24, 2.45) is 0 Å². The molecule has 0 aliphatic carbocycles. The van der Waals surface area contributed by atoms with Crippen LogP contribution in [-0.2, 0) is 29.0 Å². The number of hydrogen-bond donors (Lipinski definition) is 1. The molecule has 0 fully saturated rings. The van der Waals surface area contributed by atoms with Crippen LogP contribution in [0.25, 0.3) is 0 Å². The van der Waals surface area contributed by atoms with Crippen LogP contribution in [0.4, 0.5) is 0 Å². The second-order valence-electron chi connectivity index (χ2n) is 10.3. The molecule has 1 N–H and O–H groups in total. The third-order valence-corrected chi connectivity index (χ3v) is 6.85. The van der Waals surface area contributed by atoms with Crippen molar-refractivity contribution in [3.05, 3.63) is 0 Å². The summed E-state index contributed by atoms with van der Waals surface area (Å²) in [5.41, 5.74) is 0. The maximum Gasteiger partial charge on any atom is 0.334 e. The molecule has 34 heavy (non-hydrogen) atoms. The first-order valence-corrected chi connectivity index (χ1v) is 15.1. The molecular weight excluding hydrogens is 474 g/mol. The first-order chi connectivity index (χ1) is 16.2. The van der Waals surface area contributed by atoms with E-state index in [1.54, 1.807) is 0 Å². The van der Waals surface area contributed by atoms with Gasteiger partial charge in [-0.3, -0.25) is 0 Å². The van der Waals surface area contributed by atoms with E-state index in [1.807, 2.05) is 0 Å². The van der Waals surface area contributed by atoms with E-state index in [1.165, 1.54) is 128 Å². The molecule has 0 aromatic heterocycles. The summed E-state index contributed by atoms with van der Waals surface area (Å²) in [5.74, 6) is -0.416. The predicted octanol–water partition coefficient (Wildman–Crippen LogP) is 9.68. The van der Waals surface area contributed by atoms with Crippen molar-refractivity contribution in [2.45, 2.75) is 180 Å². The molecule has 200 valence electrons. The summed E-state index contributed by atoms with van der Waals surface area (Å²) in [6.07, 6.45) is 30.8. The van der Waals surface area contributed by atoms with Crippen LogP contribution in [0.2, 0.25) is 0 Å². The van der Waals surface area contributed by atoms with Crippen molar-refractivity contribution in [3.8, 4) is 0 Å². The van der Waals surface area contributed by atoms with Gasteiger partial charge in [-0.2, -0.15) is 0 Å². The van der Waals surface area contributed by atoms with Gasteiger partial charge in [0.05, 0.1) is 6.61 Å². The number of aliphatic hydroxyl groups excluding tert-OH is 1. The average molecular weight is 534 g/mol. The Morgan fingerprint density at radius 3 is 1.18 bits per heavy atom. The molecule has 1 unspecified atom stereocenters. The zero-order valence-corrected chi connectivity index (χ0v) is 26.4. The molecule has 0 bridgehead atoms. The van der Waals surface area contributed by atoms with Gasteiger partial charge in [0, 0.05) is 19.5 Å². The number of ether oxygens (including phenoxy) is 1. The SMILES string of the molecule is CCCCCCCCCCCCCCCCC(O)C(=O)OCCCCCCCCCCCC.[Zn]. The number of rotatable bonds is 27. The standard InChI is InChI=1S/C30H60O3.Zn/c1-3-5-7-9-11-13-15-16-17-18-19-21-23-25-27-29(31)30(32)33-28-26-24-22-20-14-12-10-8-6-4-2;/h29,31H,3-28H2,1-2H3;. The summed E-state index contributed by atoms with van der Waals surface area (Å²) < 4.78 is 5.26. The van der Waals surface area contributed by atoms with Crippen LogP contribution < -0.4 is 0 Å². The van der Waals surface area contributed by atoms with Crippen LogP contribution in [0.1, 0.15) is 174 Å². The molecule has 4 heteroatoms. The van der Waals surface area contributed by atoms with E-state index >= 15 is 0 Å². The van der Waals surface area contributed by atoms with Crippen LogP contribution in [0.3, 0.4) is 0 Å². The molecule has 0 aliphatic rings. The van der Waals surface area contributed by atoms with Gasteiger partial charge in [-0.15, -0.1) is 0 Å². The quantitative estimate of drug-likeness (QED) is 0.0649. The molecule has 0 heterocycles. The fourth-order valence-electron chi connectivity index (χ4n) is 4.51. The minimum Gasteiger partial charge on any atom is -0.464 e. The van der Waals surface area contributed by atoms with Gasteiger partial charge in [0.1, 0.15) is 0 Å². The summed E-state index contributed by atoms with van der Waals surface area (Å²) in [6.45, 7) is 4.99. The topological polar surface area (TPSA) is 46.5 Å². The molecule has 0 saturated carbocycles. The molecule has 0 aromatic carbocycles. The van der Waals surface area contributed by atoms with Crippen molar-refractivity contribution in [3.63, 3.8) is 0 Å². The third-order valence-electron chi connectivity index (χ3n) is 6.85. The first kappa shape index (κ1) is 36.2. The smallest absolute Gasteiger partial charge is 0.334 e. The van der Waals surface area contributed by atoms with Gasteiger partial charge in [0.25, 0.3) is 0 Å². The summed E-state index contributed by atoms with van der Waals surface area (Å²) in [6, 6.07) is 0. The Balaban J connectivity index is 0. The van der Waals surface area contributed by atoms with Crippen molar-refractivity contribution >= 4 is 5.97 Å². The Labute approximate surface area is 226 Å². The van der Waals surface area contributed by atoms with Crippen LogP contribution in [0.5, 0.6) is 0 Å². The molecule has 0 amide bonds. The van der Waals surface area contributed by atoms with Crippen LogP contribution >= 0.6 is 0 Å². The van der Waals surface area contributed by atoms with Crippen molar-refractivity contribution in [2.75, 3.05) is 6.61 Å². The van der Waals surface area contributed by atoms with E-state index < -0.39 is 12.1 Å². The van der Waals surface area contributed by atoms with Gasteiger partial charge < -0.3 is 9.84 Å². The maximum absolute atomic E-state index is 11.9.